The molecule has 0 nitrogen and oxygen atoms in total. The molecule has 2 rings (SSSR count). The summed E-state index contributed by atoms with van der Waals surface area (Å²) in [6.45, 7) is 3.63. The highest BCUT2D eigenvalue weighted by Gasteiger charge is 2.33. The first-order valence-electron chi connectivity index (χ1n) is 5.57. The summed E-state index contributed by atoms with van der Waals surface area (Å²) >= 11 is 0. The van der Waals surface area contributed by atoms with Gasteiger partial charge in [-0.25, -0.2) is 0 Å². The van der Waals surface area contributed by atoms with Crippen LogP contribution in [0, 0.1) is 12.8 Å². The van der Waals surface area contributed by atoms with Crippen LogP contribution in [0.2, 0.25) is 0 Å². The molecule has 1 fully saturated rings. The van der Waals surface area contributed by atoms with Gasteiger partial charge in [0.05, 0.1) is 5.56 Å². The molecule has 1 saturated carbocycles. The highest BCUT2D eigenvalue weighted by molar-refractivity contribution is 5.35. The van der Waals surface area contributed by atoms with E-state index in [0.717, 1.165) is 5.56 Å². The summed E-state index contributed by atoms with van der Waals surface area (Å²) in [6, 6.07) is 4.52. The van der Waals surface area contributed by atoms with Crippen LogP contribution in [0.4, 0.5) is 13.2 Å². The lowest BCUT2D eigenvalue weighted by atomic mass is 9.93. The van der Waals surface area contributed by atoms with E-state index in [-0.39, 0.29) is 0 Å². The van der Waals surface area contributed by atoms with E-state index in [9.17, 15) is 13.2 Å². The molecule has 3 heteroatoms. The summed E-state index contributed by atoms with van der Waals surface area (Å²) in [5, 5.41) is 0. The van der Waals surface area contributed by atoms with Crippen molar-refractivity contribution in [3.63, 3.8) is 0 Å². The van der Waals surface area contributed by atoms with Crippen molar-refractivity contribution in [2.45, 2.75) is 38.8 Å². The van der Waals surface area contributed by atoms with Crippen LogP contribution < -0.4 is 0 Å². The second-order valence-electron chi connectivity index (χ2n) is 4.70. The summed E-state index contributed by atoms with van der Waals surface area (Å²) in [6.07, 6.45) is -1.81. The molecule has 1 atom stereocenters. The predicted octanol–water partition coefficient (Wildman–Crippen LogP) is 4.53. The third-order valence-electron chi connectivity index (χ3n) is 3.41. The topological polar surface area (TPSA) is 0 Å². The standard InChI is InChI=1S/C13H15F3/c1-8-7-11(9(2)10-3-4-10)5-6-12(8)13(14,15)16/h5-7,9-10H,3-4H2,1-2H3. The van der Waals surface area contributed by atoms with Crippen LogP contribution in [-0.2, 0) is 6.18 Å². The first-order chi connectivity index (χ1) is 7.39. The lowest BCUT2D eigenvalue weighted by Gasteiger charge is -2.15. The highest BCUT2D eigenvalue weighted by Crippen LogP contribution is 2.43. The number of hydrogen-bond acceptors (Lipinski definition) is 0. The Morgan fingerprint density at radius 3 is 2.31 bits per heavy atom. The minimum Gasteiger partial charge on any atom is -0.166 e. The average Bonchev–Trinajstić information content (AvgIpc) is 2.97. The maximum absolute atomic E-state index is 12.6. The van der Waals surface area contributed by atoms with Crippen molar-refractivity contribution in [1.82, 2.24) is 0 Å². The Morgan fingerprint density at radius 2 is 1.88 bits per heavy atom. The average molecular weight is 228 g/mol. The van der Waals surface area contributed by atoms with E-state index in [4.69, 9.17) is 0 Å². The minimum absolute atomic E-state index is 0.331. The van der Waals surface area contributed by atoms with Crippen LogP contribution in [0.3, 0.4) is 0 Å². The van der Waals surface area contributed by atoms with E-state index in [2.05, 4.69) is 6.92 Å². The largest absolute Gasteiger partial charge is 0.416 e. The predicted molar refractivity (Wildman–Crippen MR) is 57.3 cm³/mol. The zero-order valence-corrected chi connectivity index (χ0v) is 9.43. The Morgan fingerprint density at radius 1 is 1.25 bits per heavy atom. The van der Waals surface area contributed by atoms with Crippen molar-refractivity contribution in [2.75, 3.05) is 0 Å². The van der Waals surface area contributed by atoms with Crippen LogP contribution in [0.25, 0.3) is 0 Å². The Labute approximate surface area is 93.5 Å². The van der Waals surface area contributed by atoms with Gasteiger partial charge in [-0.1, -0.05) is 19.1 Å². The Bertz CT molecular complexity index is 389. The van der Waals surface area contributed by atoms with Crippen molar-refractivity contribution in [1.29, 1.82) is 0 Å². The molecule has 0 N–H and O–H groups in total. The lowest BCUT2D eigenvalue weighted by Crippen LogP contribution is -2.08. The normalized spacial score (nSPS) is 18.6. The van der Waals surface area contributed by atoms with E-state index in [1.165, 1.54) is 25.8 Å². The van der Waals surface area contributed by atoms with E-state index in [0.29, 0.717) is 17.4 Å². The maximum atomic E-state index is 12.6. The van der Waals surface area contributed by atoms with Gasteiger partial charge in [-0.05, 0) is 48.8 Å². The van der Waals surface area contributed by atoms with Crippen LogP contribution in [0.5, 0.6) is 0 Å². The first-order valence-corrected chi connectivity index (χ1v) is 5.57. The summed E-state index contributed by atoms with van der Waals surface area (Å²) in [4.78, 5) is 0. The zero-order valence-electron chi connectivity index (χ0n) is 9.43. The number of hydrogen-bond donors (Lipinski definition) is 0. The van der Waals surface area contributed by atoms with Gasteiger partial charge in [0.25, 0.3) is 0 Å². The van der Waals surface area contributed by atoms with Crippen molar-refractivity contribution in [3.05, 3.63) is 34.9 Å². The Kier molecular flexibility index (Phi) is 2.72. The van der Waals surface area contributed by atoms with Gasteiger partial charge in [0.15, 0.2) is 0 Å². The number of alkyl halides is 3. The van der Waals surface area contributed by atoms with E-state index in [1.54, 1.807) is 12.1 Å². The Balaban J connectivity index is 2.28. The molecule has 1 aliphatic carbocycles. The van der Waals surface area contributed by atoms with Gasteiger partial charge in [-0.15, -0.1) is 0 Å². The van der Waals surface area contributed by atoms with Gasteiger partial charge in [-0.3, -0.25) is 0 Å². The van der Waals surface area contributed by atoms with Gasteiger partial charge >= 0.3 is 6.18 Å². The fraction of sp³-hybridized carbons (Fsp3) is 0.538. The highest BCUT2D eigenvalue weighted by atomic mass is 19.4. The smallest absolute Gasteiger partial charge is 0.166 e. The summed E-state index contributed by atoms with van der Waals surface area (Å²) in [5.41, 5.74) is 0.852. The van der Waals surface area contributed by atoms with Crippen LogP contribution in [0.15, 0.2) is 18.2 Å². The molecule has 0 aromatic heterocycles. The molecular weight excluding hydrogens is 213 g/mol. The van der Waals surface area contributed by atoms with E-state index < -0.39 is 11.7 Å². The molecule has 0 amide bonds. The molecule has 0 bridgehead atoms. The number of benzene rings is 1. The summed E-state index contributed by atoms with van der Waals surface area (Å²) in [7, 11) is 0. The SMILES string of the molecule is Cc1cc(C(C)C2CC2)ccc1C(F)(F)F. The van der Waals surface area contributed by atoms with Gasteiger partial charge in [-0.2, -0.15) is 13.2 Å². The molecule has 0 aliphatic heterocycles. The number of halogens is 3. The second kappa shape index (κ2) is 3.79. The van der Waals surface area contributed by atoms with Crippen molar-refractivity contribution < 1.29 is 13.2 Å². The van der Waals surface area contributed by atoms with Gasteiger partial charge in [0, 0.05) is 0 Å². The van der Waals surface area contributed by atoms with Gasteiger partial charge in [0.1, 0.15) is 0 Å². The molecule has 0 heterocycles. The lowest BCUT2D eigenvalue weighted by molar-refractivity contribution is -0.138. The third kappa shape index (κ3) is 2.23. The van der Waals surface area contributed by atoms with Crippen LogP contribution in [0.1, 0.15) is 42.4 Å². The number of rotatable bonds is 2. The fourth-order valence-electron chi connectivity index (χ4n) is 2.16. The zero-order chi connectivity index (χ0) is 11.9. The van der Waals surface area contributed by atoms with Crippen molar-refractivity contribution in [3.8, 4) is 0 Å². The van der Waals surface area contributed by atoms with Crippen LogP contribution >= 0.6 is 0 Å². The van der Waals surface area contributed by atoms with Gasteiger partial charge < -0.3 is 0 Å². The minimum atomic E-state index is -4.23. The second-order valence-corrected chi connectivity index (χ2v) is 4.70. The van der Waals surface area contributed by atoms with Crippen molar-refractivity contribution >= 4 is 0 Å². The van der Waals surface area contributed by atoms with Gasteiger partial charge in [0.2, 0.25) is 0 Å². The summed E-state index contributed by atoms with van der Waals surface area (Å²) < 4.78 is 37.7. The van der Waals surface area contributed by atoms with E-state index >= 15 is 0 Å². The Hall–Kier alpha value is -0.990. The van der Waals surface area contributed by atoms with Crippen LogP contribution in [-0.4, -0.2) is 0 Å². The molecule has 0 spiro atoms. The molecule has 16 heavy (non-hydrogen) atoms. The summed E-state index contributed by atoms with van der Waals surface area (Å²) in [5.74, 6) is 1.07. The third-order valence-corrected chi connectivity index (χ3v) is 3.41. The molecule has 88 valence electrons. The molecule has 1 aliphatic rings. The molecule has 0 radical (unpaired) electrons. The number of aryl methyl sites for hydroxylation is 1. The first kappa shape index (κ1) is 11.5. The van der Waals surface area contributed by atoms with E-state index in [1.807, 2.05) is 0 Å². The quantitative estimate of drug-likeness (QED) is 0.697. The maximum Gasteiger partial charge on any atom is 0.416 e. The fourth-order valence-corrected chi connectivity index (χ4v) is 2.16. The monoisotopic (exact) mass is 228 g/mol. The molecule has 0 saturated heterocycles. The molecule has 1 unspecified atom stereocenters. The molecule has 1 aromatic carbocycles. The molecular formula is C13H15F3. The molecule has 1 aromatic rings. The van der Waals surface area contributed by atoms with Crippen molar-refractivity contribution in [2.24, 2.45) is 5.92 Å².